The highest BCUT2D eigenvalue weighted by Crippen LogP contribution is 2.18. The lowest BCUT2D eigenvalue weighted by Crippen LogP contribution is -2.50. The minimum Gasteiger partial charge on any atom is -0.865 e. The predicted octanol–water partition coefficient (Wildman–Crippen LogP) is -1.83. The number of rotatable bonds is 2. The lowest BCUT2D eigenvalue weighted by atomic mass is 10.0. The number of aromatic nitrogens is 2. The number of Topliss-reactive ketones (excluding diaryl/α,β-unsaturated/α-hetero) is 2. The van der Waals surface area contributed by atoms with Crippen molar-refractivity contribution in [3.05, 3.63) is 72.7 Å². The number of carbonyl (C=O) groups is 2. The van der Waals surface area contributed by atoms with E-state index in [1.165, 1.54) is 33.9 Å². The zero-order valence-corrected chi connectivity index (χ0v) is 11.3. The highest BCUT2D eigenvalue weighted by atomic mass is 16.3. The van der Waals surface area contributed by atoms with Crippen LogP contribution in [0.2, 0.25) is 0 Å². The molecule has 0 amide bonds. The normalized spacial score (nSPS) is 15.5. The van der Waals surface area contributed by atoms with Gasteiger partial charge in [-0.3, -0.25) is 9.59 Å². The molecule has 2 heterocycles. The molecule has 0 saturated heterocycles. The predicted molar refractivity (Wildman–Crippen MR) is 69.7 cm³/mol. The Morgan fingerprint density at radius 3 is 1.23 bits per heavy atom. The summed E-state index contributed by atoms with van der Waals surface area (Å²) >= 11 is 0. The van der Waals surface area contributed by atoms with Crippen molar-refractivity contribution in [3.63, 3.8) is 0 Å². The van der Waals surface area contributed by atoms with Gasteiger partial charge in [0.15, 0.2) is 24.8 Å². The molecule has 0 aliphatic heterocycles. The molecule has 2 aromatic rings. The first-order chi connectivity index (χ1) is 10.6. The molecule has 6 heteroatoms. The van der Waals surface area contributed by atoms with Gasteiger partial charge in [-0.15, -0.1) is 0 Å². The monoisotopic (exact) mass is 294 g/mol. The molecule has 0 atom stereocenters. The fourth-order valence-corrected chi connectivity index (χ4v) is 2.20. The smallest absolute Gasteiger partial charge is 0.254 e. The van der Waals surface area contributed by atoms with E-state index >= 15 is 0 Å². The molecule has 0 N–H and O–H groups in total. The average molecular weight is 294 g/mol. The molecule has 22 heavy (non-hydrogen) atoms. The van der Waals surface area contributed by atoms with E-state index in [0.717, 1.165) is 0 Å². The van der Waals surface area contributed by atoms with E-state index in [1.54, 1.807) is 36.4 Å². The summed E-state index contributed by atoms with van der Waals surface area (Å²) in [5.41, 5.74) is -0.897. The molecule has 0 radical (unpaired) electrons. The molecular formula is C16H10N2O4. The second-order valence-electron chi connectivity index (χ2n) is 4.58. The van der Waals surface area contributed by atoms with Crippen LogP contribution in [0, 0.1) is 0 Å². The van der Waals surface area contributed by atoms with Crippen LogP contribution in [0.25, 0.3) is 11.4 Å². The second-order valence-corrected chi connectivity index (χ2v) is 4.58. The van der Waals surface area contributed by atoms with Gasteiger partial charge in [0.05, 0.1) is 0 Å². The Labute approximate surface area is 125 Å². The Morgan fingerprint density at radius 1 is 0.591 bits per heavy atom. The summed E-state index contributed by atoms with van der Waals surface area (Å²) in [4.78, 5) is 24.5. The van der Waals surface area contributed by atoms with Crippen molar-refractivity contribution in [1.29, 1.82) is 0 Å². The Balaban J connectivity index is 2.16. The van der Waals surface area contributed by atoms with Gasteiger partial charge in [0.2, 0.25) is 11.6 Å². The molecule has 2 aromatic heterocycles. The van der Waals surface area contributed by atoms with Crippen LogP contribution in [0.1, 0.15) is 0 Å². The quantitative estimate of drug-likeness (QED) is 0.481. The lowest BCUT2D eigenvalue weighted by Gasteiger charge is -2.21. The molecule has 0 aromatic carbocycles. The van der Waals surface area contributed by atoms with E-state index in [0.29, 0.717) is 0 Å². The van der Waals surface area contributed by atoms with Gasteiger partial charge in [-0.1, -0.05) is 12.1 Å². The standard InChI is InChI=1S/C16H10N2O4/c19-13-11(17-7-3-1-4-8-17)14(20)16(22)12(15(13)21)18-9-5-2-6-10-18/h1-10H. The van der Waals surface area contributed by atoms with Gasteiger partial charge in [0.25, 0.3) is 11.4 Å². The summed E-state index contributed by atoms with van der Waals surface area (Å²) in [6.07, 6.45) is 5.75. The van der Waals surface area contributed by atoms with Crippen LogP contribution in [0.15, 0.2) is 72.7 Å². The minimum atomic E-state index is -0.993. The summed E-state index contributed by atoms with van der Waals surface area (Å²) in [6, 6.07) is 9.74. The molecule has 3 rings (SSSR count). The fraction of sp³-hybridized carbons (Fsp3) is 0. The van der Waals surface area contributed by atoms with Crippen molar-refractivity contribution in [3.8, 4) is 0 Å². The molecule has 0 saturated carbocycles. The first-order valence-corrected chi connectivity index (χ1v) is 6.46. The minimum absolute atomic E-state index is 0.448. The third kappa shape index (κ3) is 2.07. The van der Waals surface area contributed by atoms with Gasteiger partial charge in [-0.25, -0.2) is 0 Å². The third-order valence-electron chi connectivity index (χ3n) is 3.22. The summed E-state index contributed by atoms with van der Waals surface area (Å²) in [5.74, 6) is -3.97. The maximum absolute atomic E-state index is 12.3. The van der Waals surface area contributed by atoms with Gasteiger partial charge in [0, 0.05) is 35.8 Å². The zero-order valence-electron chi connectivity index (χ0n) is 11.3. The Kier molecular flexibility index (Phi) is 3.27. The molecule has 0 fully saturated rings. The fourth-order valence-electron chi connectivity index (χ4n) is 2.20. The molecule has 1 aliphatic rings. The Morgan fingerprint density at radius 2 is 0.909 bits per heavy atom. The third-order valence-corrected chi connectivity index (χ3v) is 3.22. The van der Waals surface area contributed by atoms with E-state index in [2.05, 4.69) is 0 Å². The van der Waals surface area contributed by atoms with E-state index in [-0.39, 0.29) is 0 Å². The highest BCUT2D eigenvalue weighted by molar-refractivity contribution is 6.38. The molecule has 108 valence electrons. The largest absolute Gasteiger partial charge is 0.865 e. The van der Waals surface area contributed by atoms with Crippen molar-refractivity contribution >= 4 is 23.0 Å². The van der Waals surface area contributed by atoms with Crippen LogP contribution in [0.5, 0.6) is 0 Å². The van der Waals surface area contributed by atoms with Crippen molar-refractivity contribution in [2.45, 2.75) is 0 Å². The van der Waals surface area contributed by atoms with E-state index in [4.69, 9.17) is 0 Å². The number of hydrogen-bond donors (Lipinski definition) is 0. The number of hydrogen-bond acceptors (Lipinski definition) is 4. The first-order valence-electron chi connectivity index (χ1n) is 6.46. The maximum Gasteiger partial charge on any atom is 0.254 e. The van der Waals surface area contributed by atoms with Crippen LogP contribution in [0.4, 0.5) is 0 Å². The highest BCUT2D eigenvalue weighted by Gasteiger charge is 2.36. The van der Waals surface area contributed by atoms with Crippen molar-refractivity contribution in [2.24, 2.45) is 0 Å². The lowest BCUT2D eigenvalue weighted by molar-refractivity contribution is -0.588. The molecule has 0 unspecified atom stereocenters. The number of allylic oxidation sites excluding steroid dienone is 2. The number of pyridine rings is 2. The summed E-state index contributed by atoms with van der Waals surface area (Å²) in [7, 11) is 0. The van der Waals surface area contributed by atoms with E-state index < -0.39 is 34.5 Å². The first kappa shape index (κ1) is 13.7. The van der Waals surface area contributed by atoms with Gasteiger partial charge in [-0.05, 0) is 0 Å². The SMILES string of the molecule is O=C1C([O-])=C([n+]2ccccc2)C(=O)C([O-])=C1[n+]1ccccc1. The van der Waals surface area contributed by atoms with Crippen LogP contribution in [0.3, 0.4) is 0 Å². The molecule has 6 nitrogen and oxygen atoms in total. The van der Waals surface area contributed by atoms with Crippen molar-refractivity contribution in [2.75, 3.05) is 0 Å². The second kappa shape index (κ2) is 5.25. The molecular weight excluding hydrogens is 284 g/mol. The van der Waals surface area contributed by atoms with E-state index in [1.807, 2.05) is 0 Å². The molecule has 1 aliphatic carbocycles. The van der Waals surface area contributed by atoms with Crippen molar-refractivity contribution < 1.29 is 28.9 Å². The van der Waals surface area contributed by atoms with Crippen LogP contribution in [-0.2, 0) is 9.59 Å². The maximum atomic E-state index is 12.3. The van der Waals surface area contributed by atoms with Crippen LogP contribution in [-0.4, -0.2) is 11.6 Å². The number of carbonyl (C=O) groups excluding carboxylic acids is 2. The summed E-state index contributed by atoms with van der Waals surface area (Å²) < 4.78 is 2.37. The van der Waals surface area contributed by atoms with Crippen LogP contribution < -0.4 is 19.3 Å². The van der Waals surface area contributed by atoms with Gasteiger partial charge in [0.1, 0.15) is 0 Å². The van der Waals surface area contributed by atoms with Gasteiger partial charge >= 0.3 is 0 Å². The van der Waals surface area contributed by atoms with Gasteiger partial charge in [-0.2, -0.15) is 9.13 Å². The van der Waals surface area contributed by atoms with Crippen molar-refractivity contribution in [1.82, 2.24) is 0 Å². The molecule has 0 bridgehead atoms. The van der Waals surface area contributed by atoms with E-state index in [9.17, 15) is 19.8 Å². The molecule has 0 spiro atoms. The summed E-state index contributed by atoms with van der Waals surface area (Å²) in [5, 5.41) is 24.5. The number of ketones is 2. The topological polar surface area (TPSA) is 88.0 Å². The van der Waals surface area contributed by atoms with Gasteiger partial charge < -0.3 is 10.2 Å². The Bertz CT molecular complexity index is 752. The Hall–Kier alpha value is -3.28. The zero-order chi connectivity index (χ0) is 15.7. The summed E-state index contributed by atoms with van der Waals surface area (Å²) in [6.45, 7) is 0. The average Bonchev–Trinajstić information content (AvgIpc) is 2.55. The number of nitrogens with zero attached hydrogens (tertiary/aromatic N) is 2. The van der Waals surface area contributed by atoms with Crippen LogP contribution >= 0.6 is 0 Å².